The van der Waals surface area contributed by atoms with E-state index in [1.165, 1.54) is 4.80 Å². The van der Waals surface area contributed by atoms with E-state index in [9.17, 15) is 4.79 Å². The van der Waals surface area contributed by atoms with Crippen LogP contribution in [0.3, 0.4) is 0 Å². The van der Waals surface area contributed by atoms with Gasteiger partial charge in [0.15, 0.2) is 6.04 Å². The lowest BCUT2D eigenvalue weighted by atomic mass is 10.1. The van der Waals surface area contributed by atoms with Crippen LogP contribution in [0.25, 0.3) is 11.4 Å². The summed E-state index contributed by atoms with van der Waals surface area (Å²) in [6.45, 7) is 2.20. The van der Waals surface area contributed by atoms with Crippen molar-refractivity contribution in [2.75, 3.05) is 0 Å². The van der Waals surface area contributed by atoms with Gasteiger partial charge in [-0.1, -0.05) is 30.7 Å². The van der Waals surface area contributed by atoms with Crippen LogP contribution in [-0.4, -0.2) is 26.1 Å². The van der Waals surface area contributed by atoms with E-state index in [0.717, 1.165) is 11.1 Å². The van der Waals surface area contributed by atoms with Crippen molar-refractivity contribution >= 4 is 17.5 Å². The molecule has 0 saturated heterocycles. The first-order valence-corrected chi connectivity index (χ1v) is 8.80. The summed E-state index contributed by atoms with van der Waals surface area (Å²) in [6, 6.07) is 15.7. The van der Waals surface area contributed by atoms with Crippen LogP contribution in [0.5, 0.6) is 0 Å². The van der Waals surface area contributed by atoms with E-state index < -0.39 is 6.04 Å². The molecule has 1 amide bonds. The maximum atomic E-state index is 12.6. The molecule has 0 bridgehead atoms. The molecule has 1 atom stereocenters. The number of carbonyl (C=O) groups is 1. The van der Waals surface area contributed by atoms with Gasteiger partial charge in [0.05, 0.1) is 11.6 Å². The number of aromatic nitrogens is 4. The summed E-state index contributed by atoms with van der Waals surface area (Å²) in [7, 11) is 0. The Balaban J connectivity index is 1.70. The fourth-order valence-corrected chi connectivity index (χ4v) is 2.71. The normalized spacial score (nSPS) is 11.6. The zero-order valence-electron chi connectivity index (χ0n) is 14.6. The molecule has 2 aromatic carbocycles. The minimum atomic E-state index is -0.572. The predicted molar refractivity (Wildman–Crippen MR) is 101 cm³/mol. The van der Waals surface area contributed by atoms with Crippen LogP contribution in [0, 0.1) is 11.3 Å². The monoisotopic (exact) mass is 380 g/mol. The van der Waals surface area contributed by atoms with Crippen LogP contribution in [0.2, 0.25) is 5.02 Å². The van der Waals surface area contributed by atoms with E-state index in [4.69, 9.17) is 16.9 Å². The molecule has 0 fully saturated rings. The quantitative estimate of drug-likeness (QED) is 0.708. The second-order valence-electron chi connectivity index (χ2n) is 5.89. The van der Waals surface area contributed by atoms with Crippen molar-refractivity contribution in [3.8, 4) is 17.5 Å². The van der Waals surface area contributed by atoms with Crippen molar-refractivity contribution in [1.29, 1.82) is 5.26 Å². The lowest BCUT2D eigenvalue weighted by Crippen LogP contribution is -2.33. The topological polar surface area (TPSA) is 96.5 Å². The summed E-state index contributed by atoms with van der Waals surface area (Å²) in [5.74, 6) is 0.222. The molecule has 1 heterocycles. The molecule has 0 spiro atoms. The summed E-state index contributed by atoms with van der Waals surface area (Å²) in [4.78, 5) is 13.9. The third-order valence-electron chi connectivity index (χ3n) is 4.02. The first-order valence-electron chi connectivity index (χ1n) is 8.43. The first-order chi connectivity index (χ1) is 13.1. The average molecular weight is 381 g/mol. The largest absolute Gasteiger partial charge is 0.350 e. The van der Waals surface area contributed by atoms with E-state index in [1.54, 1.807) is 42.5 Å². The lowest BCUT2D eigenvalue weighted by Gasteiger charge is -2.13. The van der Waals surface area contributed by atoms with Crippen LogP contribution in [0.15, 0.2) is 48.5 Å². The van der Waals surface area contributed by atoms with E-state index in [0.29, 0.717) is 29.4 Å². The van der Waals surface area contributed by atoms with E-state index in [2.05, 4.69) is 26.8 Å². The van der Waals surface area contributed by atoms with Gasteiger partial charge in [0.2, 0.25) is 11.7 Å². The van der Waals surface area contributed by atoms with Crippen molar-refractivity contribution in [3.05, 3.63) is 64.7 Å². The number of nitrogens with one attached hydrogen (secondary N) is 1. The molecule has 0 saturated carbocycles. The Morgan fingerprint density at radius 3 is 2.78 bits per heavy atom. The summed E-state index contributed by atoms with van der Waals surface area (Å²) < 4.78 is 0. The Morgan fingerprint density at radius 2 is 2.07 bits per heavy atom. The Morgan fingerprint density at radius 1 is 1.30 bits per heavy atom. The molecular formula is C19H17ClN6O. The smallest absolute Gasteiger partial charge is 0.247 e. The van der Waals surface area contributed by atoms with Gasteiger partial charge in [-0.05, 0) is 53.6 Å². The van der Waals surface area contributed by atoms with Crippen LogP contribution >= 0.6 is 11.6 Å². The predicted octanol–water partition coefficient (Wildman–Crippen LogP) is 3.13. The van der Waals surface area contributed by atoms with E-state index >= 15 is 0 Å². The number of halogens is 1. The molecule has 0 aliphatic rings. The zero-order chi connectivity index (χ0) is 19.2. The highest BCUT2D eigenvalue weighted by atomic mass is 35.5. The van der Waals surface area contributed by atoms with Gasteiger partial charge < -0.3 is 5.32 Å². The molecule has 136 valence electrons. The van der Waals surface area contributed by atoms with Crippen molar-refractivity contribution in [3.63, 3.8) is 0 Å². The molecule has 3 aromatic rings. The Hall–Kier alpha value is -3.24. The molecule has 8 heteroatoms. The summed E-state index contributed by atoms with van der Waals surface area (Å²) in [5.41, 5.74) is 2.18. The van der Waals surface area contributed by atoms with Gasteiger partial charge in [0, 0.05) is 17.1 Å². The summed E-state index contributed by atoms with van der Waals surface area (Å²) >= 11 is 5.89. The highest BCUT2D eigenvalue weighted by Gasteiger charge is 2.21. The van der Waals surface area contributed by atoms with Gasteiger partial charge in [-0.3, -0.25) is 4.79 Å². The second-order valence-corrected chi connectivity index (χ2v) is 6.33. The SMILES string of the molecule is CCC(C(=O)NCc1cccc(C#N)c1)n1nnc(-c2ccc(Cl)cc2)n1. The lowest BCUT2D eigenvalue weighted by molar-refractivity contribution is -0.125. The Kier molecular flexibility index (Phi) is 5.79. The van der Waals surface area contributed by atoms with Crippen molar-refractivity contribution in [1.82, 2.24) is 25.5 Å². The van der Waals surface area contributed by atoms with Gasteiger partial charge >= 0.3 is 0 Å². The number of nitrogens with zero attached hydrogens (tertiary/aromatic N) is 5. The van der Waals surface area contributed by atoms with Gasteiger partial charge in [-0.15, -0.1) is 10.2 Å². The highest BCUT2D eigenvalue weighted by molar-refractivity contribution is 6.30. The third kappa shape index (κ3) is 4.49. The number of nitriles is 1. The van der Waals surface area contributed by atoms with Crippen molar-refractivity contribution in [2.45, 2.75) is 25.9 Å². The number of carbonyl (C=O) groups excluding carboxylic acids is 1. The number of hydrogen-bond donors (Lipinski definition) is 1. The second kappa shape index (κ2) is 8.43. The number of amides is 1. The maximum Gasteiger partial charge on any atom is 0.247 e. The van der Waals surface area contributed by atoms with Crippen molar-refractivity contribution < 1.29 is 4.79 Å². The number of rotatable bonds is 6. The van der Waals surface area contributed by atoms with Crippen LogP contribution < -0.4 is 5.32 Å². The molecular weight excluding hydrogens is 364 g/mol. The molecule has 1 aromatic heterocycles. The summed E-state index contributed by atoms with van der Waals surface area (Å²) in [6.07, 6.45) is 0.514. The van der Waals surface area contributed by atoms with Gasteiger partial charge in [0.25, 0.3) is 0 Å². The molecule has 7 nitrogen and oxygen atoms in total. The number of hydrogen-bond acceptors (Lipinski definition) is 5. The van der Waals surface area contributed by atoms with Gasteiger partial charge in [0.1, 0.15) is 0 Å². The Bertz CT molecular complexity index is 976. The molecule has 1 unspecified atom stereocenters. The summed E-state index contributed by atoms with van der Waals surface area (Å²) in [5, 5.41) is 24.8. The third-order valence-corrected chi connectivity index (χ3v) is 4.27. The fraction of sp³-hybridized carbons (Fsp3) is 0.211. The molecule has 0 aliphatic heterocycles. The number of tetrazole rings is 1. The number of benzene rings is 2. The molecule has 0 radical (unpaired) electrons. The molecule has 3 rings (SSSR count). The molecule has 1 N–H and O–H groups in total. The van der Waals surface area contributed by atoms with Crippen LogP contribution in [0.1, 0.15) is 30.5 Å². The highest BCUT2D eigenvalue weighted by Crippen LogP contribution is 2.18. The van der Waals surface area contributed by atoms with Gasteiger partial charge in [-0.2, -0.15) is 10.1 Å². The van der Waals surface area contributed by atoms with E-state index in [-0.39, 0.29) is 5.91 Å². The van der Waals surface area contributed by atoms with Crippen molar-refractivity contribution in [2.24, 2.45) is 0 Å². The molecule has 0 aliphatic carbocycles. The van der Waals surface area contributed by atoms with E-state index in [1.807, 2.05) is 13.0 Å². The molecule has 27 heavy (non-hydrogen) atoms. The Labute approximate surface area is 161 Å². The van der Waals surface area contributed by atoms with Gasteiger partial charge in [-0.25, -0.2) is 0 Å². The minimum Gasteiger partial charge on any atom is -0.350 e. The van der Waals surface area contributed by atoms with Crippen LogP contribution in [-0.2, 0) is 11.3 Å². The maximum absolute atomic E-state index is 12.6. The van der Waals surface area contributed by atoms with Crippen LogP contribution in [0.4, 0.5) is 0 Å². The fourth-order valence-electron chi connectivity index (χ4n) is 2.58. The first kappa shape index (κ1) is 18.5. The standard InChI is InChI=1S/C19H17ClN6O/c1-2-17(19(27)22-12-14-5-3-4-13(10-14)11-21)26-24-18(23-25-26)15-6-8-16(20)9-7-15/h3-10,17H,2,12H2,1H3,(H,22,27). The average Bonchev–Trinajstić information content (AvgIpc) is 3.17. The minimum absolute atomic E-state index is 0.208. The zero-order valence-corrected chi connectivity index (χ0v) is 15.4.